The lowest BCUT2D eigenvalue weighted by Gasteiger charge is -2.43. The number of esters is 1. The SMILES string of the molecule is COCCOC(=O)CN1CCC(N2CCN(C(=O)[C@@H](Cc3cc(C)c(O)c(C)c3)OC(=O)N3CCC(N4CCc5ccccc5NC4=O)CC3)CC2)CC1. The predicted octanol–water partition coefficient (Wildman–Crippen LogP) is 3.41. The molecule has 4 heterocycles. The minimum absolute atomic E-state index is 0.00475. The number of aryl methyl sites for hydroxylation is 2. The van der Waals surface area contributed by atoms with Gasteiger partial charge in [0.2, 0.25) is 0 Å². The molecule has 0 unspecified atom stereocenters. The zero-order valence-electron chi connectivity index (χ0n) is 32.0. The van der Waals surface area contributed by atoms with E-state index in [1.807, 2.05) is 60.0 Å². The largest absolute Gasteiger partial charge is 0.507 e. The lowest BCUT2D eigenvalue weighted by Crippen LogP contribution is -2.57. The molecule has 6 rings (SSSR count). The first-order valence-corrected chi connectivity index (χ1v) is 19.4. The lowest BCUT2D eigenvalue weighted by molar-refractivity contribution is -0.146. The summed E-state index contributed by atoms with van der Waals surface area (Å²) >= 11 is 0. The van der Waals surface area contributed by atoms with Gasteiger partial charge in [-0.05, 0) is 74.3 Å². The number of amides is 4. The van der Waals surface area contributed by atoms with Gasteiger partial charge >= 0.3 is 18.1 Å². The van der Waals surface area contributed by atoms with Crippen molar-refractivity contribution in [2.24, 2.45) is 0 Å². The molecule has 54 heavy (non-hydrogen) atoms. The number of rotatable bonds is 11. The van der Waals surface area contributed by atoms with Crippen LogP contribution in [0.3, 0.4) is 0 Å². The summed E-state index contributed by atoms with van der Waals surface area (Å²) in [5, 5.41) is 13.4. The number of anilines is 1. The topological polar surface area (TPSA) is 144 Å². The third-order valence-electron chi connectivity index (χ3n) is 11.4. The minimum Gasteiger partial charge on any atom is -0.507 e. The second kappa shape index (κ2) is 18.3. The summed E-state index contributed by atoms with van der Waals surface area (Å²) in [6, 6.07) is 11.8. The molecule has 4 aliphatic heterocycles. The summed E-state index contributed by atoms with van der Waals surface area (Å²) in [6.07, 6.45) is 2.52. The molecule has 2 N–H and O–H groups in total. The molecule has 14 heteroatoms. The van der Waals surface area contributed by atoms with E-state index in [1.54, 1.807) is 12.0 Å². The Labute approximate surface area is 318 Å². The van der Waals surface area contributed by atoms with Gasteiger partial charge in [-0.3, -0.25) is 19.4 Å². The Bertz CT molecular complexity index is 1610. The average Bonchev–Trinajstić information content (AvgIpc) is 3.35. The maximum atomic E-state index is 14.2. The number of nitrogens with one attached hydrogen (secondary N) is 1. The van der Waals surface area contributed by atoms with E-state index in [-0.39, 0.29) is 49.3 Å². The number of piperazine rings is 1. The first-order chi connectivity index (χ1) is 26.1. The zero-order chi connectivity index (χ0) is 38.2. The van der Waals surface area contributed by atoms with Crippen LogP contribution in [0.4, 0.5) is 15.3 Å². The van der Waals surface area contributed by atoms with Gasteiger partial charge in [0.25, 0.3) is 5.91 Å². The van der Waals surface area contributed by atoms with Crippen molar-refractivity contribution >= 4 is 29.7 Å². The van der Waals surface area contributed by atoms with Crippen molar-refractivity contribution < 1.29 is 38.5 Å². The van der Waals surface area contributed by atoms with Gasteiger partial charge in [-0.1, -0.05) is 30.3 Å². The van der Waals surface area contributed by atoms with E-state index in [4.69, 9.17) is 14.2 Å². The Balaban J connectivity index is 1.03. The van der Waals surface area contributed by atoms with Crippen molar-refractivity contribution in [1.82, 2.24) is 24.5 Å². The number of benzene rings is 2. The van der Waals surface area contributed by atoms with E-state index in [2.05, 4.69) is 15.1 Å². The molecule has 2 aromatic rings. The Kier molecular flexibility index (Phi) is 13.3. The standard InChI is InChI=1S/C40H56N6O8/c1-28-24-30(25-29(2)37(28)48)26-35(38(49)44-20-18-43(19-21-44)32-9-13-42(14-10-32)27-36(47)53-23-22-52-3)54-40(51)45-15-11-33(12-16-45)46-17-8-31-6-4-5-7-34(31)41-39(46)50/h4-7,24-25,32-33,35,48H,8-23,26-27H2,1-3H3,(H,41,50)/t35-/m1/s1. The summed E-state index contributed by atoms with van der Waals surface area (Å²) in [5.41, 5.74) is 4.17. The number of methoxy groups -OCH3 is 1. The number of likely N-dealkylation sites (tertiary alicyclic amines) is 2. The van der Waals surface area contributed by atoms with Gasteiger partial charge in [-0.25, -0.2) is 9.59 Å². The van der Waals surface area contributed by atoms with Crippen molar-refractivity contribution in [2.45, 2.75) is 70.6 Å². The van der Waals surface area contributed by atoms with Crippen LogP contribution in [-0.4, -0.2) is 158 Å². The fourth-order valence-electron chi connectivity index (χ4n) is 8.27. The summed E-state index contributed by atoms with van der Waals surface area (Å²) < 4.78 is 16.3. The number of fused-ring (bicyclic) bond motifs is 1. The number of piperidine rings is 2. The normalized spacial score (nSPS) is 19.8. The molecule has 0 saturated carbocycles. The highest BCUT2D eigenvalue weighted by atomic mass is 16.6. The first kappa shape index (κ1) is 39.3. The molecule has 14 nitrogen and oxygen atoms in total. The van der Waals surface area contributed by atoms with Crippen LogP contribution in [0.1, 0.15) is 47.9 Å². The molecule has 3 saturated heterocycles. The molecule has 1 atom stereocenters. The number of phenolic OH excluding ortho intramolecular Hbond substituents is 1. The number of hydrogen-bond donors (Lipinski definition) is 2. The molecule has 3 fully saturated rings. The summed E-state index contributed by atoms with van der Waals surface area (Å²) in [5.74, 6) is -0.236. The average molecular weight is 749 g/mol. The highest BCUT2D eigenvalue weighted by molar-refractivity contribution is 5.91. The molecule has 0 aromatic heterocycles. The van der Waals surface area contributed by atoms with E-state index in [1.165, 1.54) is 0 Å². The molecule has 4 amide bonds. The van der Waals surface area contributed by atoms with Gasteiger partial charge in [0, 0.05) is 90.2 Å². The van der Waals surface area contributed by atoms with Crippen LogP contribution in [0, 0.1) is 13.8 Å². The molecule has 0 bridgehead atoms. The van der Waals surface area contributed by atoms with Gasteiger partial charge in [-0.15, -0.1) is 0 Å². The van der Waals surface area contributed by atoms with Crippen LogP contribution in [-0.2, 0) is 36.6 Å². The molecule has 0 aliphatic carbocycles. The highest BCUT2D eigenvalue weighted by Crippen LogP contribution is 2.27. The number of hydrogen-bond acceptors (Lipinski definition) is 10. The number of nitrogens with zero attached hydrogens (tertiary/aromatic N) is 5. The second-order valence-electron chi connectivity index (χ2n) is 15.0. The van der Waals surface area contributed by atoms with Crippen molar-refractivity contribution in [3.63, 3.8) is 0 Å². The second-order valence-corrected chi connectivity index (χ2v) is 15.0. The van der Waals surface area contributed by atoms with Gasteiger partial charge < -0.3 is 39.3 Å². The molecular formula is C40H56N6O8. The zero-order valence-corrected chi connectivity index (χ0v) is 32.0. The van der Waals surface area contributed by atoms with Crippen molar-refractivity contribution in [1.29, 1.82) is 0 Å². The number of para-hydroxylation sites is 1. The Morgan fingerprint density at radius 1 is 0.852 bits per heavy atom. The molecular weight excluding hydrogens is 692 g/mol. The number of carbonyl (C=O) groups is 4. The smallest absolute Gasteiger partial charge is 0.410 e. The monoisotopic (exact) mass is 748 g/mol. The third kappa shape index (κ3) is 9.82. The van der Waals surface area contributed by atoms with Crippen LogP contribution >= 0.6 is 0 Å². The van der Waals surface area contributed by atoms with Crippen molar-refractivity contribution in [3.8, 4) is 5.75 Å². The van der Waals surface area contributed by atoms with Gasteiger partial charge in [-0.2, -0.15) is 0 Å². The van der Waals surface area contributed by atoms with E-state index in [0.717, 1.165) is 62.3 Å². The van der Waals surface area contributed by atoms with Gasteiger partial charge in [0.1, 0.15) is 12.4 Å². The molecule has 2 aromatic carbocycles. The van der Waals surface area contributed by atoms with Crippen molar-refractivity contribution in [2.75, 3.05) is 91.1 Å². The van der Waals surface area contributed by atoms with E-state index in [0.29, 0.717) is 69.3 Å². The fourth-order valence-corrected chi connectivity index (χ4v) is 8.27. The summed E-state index contributed by atoms with van der Waals surface area (Å²) in [7, 11) is 1.58. The maximum absolute atomic E-state index is 14.2. The molecule has 4 aliphatic rings. The van der Waals surface area contributed by atoms with E-state index in [9.17, 15) is 24.3 Å². The Morgan fingerprint density at radius 3 is 2.20 bits per heavy atom. The van der Waals surface area contributed by atoms with Gasteiger partial charge in [0.05, 0.1) is 13.2 Å². The fraction of sp³-hybridized carbons (Fsp3) is 0.600. The summed E-state index contributed by atoms with van der Waals surface area (Å²) in [4.78, 5) is 63.0. The van der Waals surface area contributed by atoms with Crippen molar-refractivity contribution in [3.05, 3.63) is 58.7 Å². The third-order valence-corrected chi connectivity index (χ3v) is 11.4. The number of ether oxygens (including phenoxy) is 3. The van der Waals surface area contributed by atoms with Gasteiger partial charge in [0.15, 0.2) is 6.10 Å². The van der Waals surface area contributed by atoms with Crippen LogP contribution in [0.25, 0.3) is 0 Å². The van der Waals surface area contributed by atoms with Crippen LogP contribution in [0.5, 0.6) is 5.75 Å². The maximum Gasteiger partial charge on any atom is 0.410 e. The molecule has 0 spiro atoms. The highest BCUT2D eigenvalue weighted by Gasteiger charge is 2.36. The summed E-state index contributed by atoms with van der Waals surface area (Å²) in [6.45, 7) is 10.1. The van der Waals surface area contributed by atoms with Crippen LogP contribution in [0.15, 0.2) is 36.4 Å². The molecule has 0 radical (unpaired) electrons. The quantitative estimate of drug-likeness (QED) is 0.259. The lowest BCUT2D eigenvalue weighted by atomic mass is 10.00. The number of phenols is 1. The van der Waals surface area contributed by atoms with Crippen LogP contribution in [0.2, 0.25) is 0 Å². The van der Waals surface area contributed by atoms with E-state index < -0.39 is 12.2 Å². The number of carbonyl (C=O) groups excluding carboxylic acids is 4. The molecule has 294 valence electrons. The van der Waals surface area contributed by atoms with Crippen LogP contribution < -0.4 is 5.32 Å². The number of aromatic hydroxyl groups is 1. The predicted molar refractivity (Wildman–Crippen MR) is 202 cm³/mol. The Hall–Kier alpha value is -4.40. The first-order valence-electron chi connectivity index (χ1n) is 19.4. The minimum atomic E-state index is -1.02. The van der Waals surface area contributed by atoms with E-state index >= 15 is 0 Å². The Morgan fingerprint density at radius 2 is 1.52 bits per heavy atom. The number of urea groups is 1.